The number of likely N-dealkylation sites (tertiary alicyclic amines) is 1. The normalized spacial score (nSPS) is 17.6. The molecule has 1 heterocycles. The maximum absolute atomic E-state index is 13.4. The number of carbonyl (C=O) groups excluding carboxylic acids is 4. The van der Waals surface area contributed by atoms with Gasteiger partial charge in [0.1, 0.15) is 29.5 Å². The highest BCUT2D eigenvalue weighted by molar-refractivity contribution is 6.01. The van der Waals surface area contributed by atoms with Crippen LogP contribution < -0.4 is 0 Å². The van der Waals surface area contributed by atoms with Crippen molar-refractivity contribution in [2.24, 2.45) is 0 Å². The average molecular weight is 595 g/mol. The fourth-order valence-electron chi connectivity index (χ4n) is 4.60. The fraction of sp³-hybridized carbons (Fsp3) is 0.455. The number of hydrogen-bond acceptors (Lipinski definition) is 9. The minimum Gasteiger partial charge on any atom is -0.464 e. The van der Waals surface area contributed by atoms with E-state index in [-0.39, 0.29) is 12.3 Å². The van der Waals surface area contributed by atoms with Gasteiger partial charge in [0.2, 0.25) is 0 Å². The Morgan fingerprint density at radius 3 is 1.91 bits per heavy atom. The molecule has 1 fully saturated rings. The van der Waals surface area contributed by atoms with Crippen LogP contribution in [0.3, 0.4) is 0 Å². The Labute approximate surface area is 253 Å². The number of imide groups is 1. The largest absolute Gasteiger partial charge is 0.464 e. The minimum atomic E-state index is -1.11. The Morgan fingerprint density at radius 2 is 1.37 bits per heavy atom. The second kappa shape index (κ2) is 14.3. The second-order valence-electron chi connectivity index (χ2n) is 12.3. The molecular formula is C33H42N2O8. The Morgan fingerprint density at radius 1 is 0.814 bits per heavy atom. The summed E-state index contributed by atoms with van der Waals surface area (Å²) in [7, 11) is 1.15. The van der Waals surface area contributed by atoms with Crippen LogP contribution in [0.4, 0.5) is 9.59 Å². The summed E-state index contributed by atoms with van der Waals surface area (Å²) in [4.78, 5) is 55.8. The van der Waals surface area contributed by atoms with Crippen molar-refractivity contribution in [3.8, 4) is 0 Å². The molecule has 0 radical (unpaired) electrons. The van der Waals surface area contributed by atoms with Gasteiger partial charge in [-0.25, -0.2) is 14.4 Å². The maximum atomic E-state index is 13.4. The molecule has 2 amide bonds. The van der Waals surface area contributed by atoms with Gasteiger partial charge in [-0.1, -0.05) is 60.7 Å². The molecular weight excluding hydrogens is 552 g/mol. The summed E-state index contributed by atoms with van der Waals surface area (Å²) in [6, 6.07) is 17.3. The third-order valence-electron chi connectivity index (χ3n) is 6.40. The Hall–Kier alpha value is -4.18. The molecule has 0 N–H and O–H groups in total. The predicted octanol–water partition coefficient (Wildman–Crippen LogP) is 5.99. The molecule has 2 aromatic carbocycles. The van der Waals surface area contributed by atoms with Crippen molar-refractivity contribution in [1.29, 1.82) is 0 Å². The van der Waals surface area contributed by atoms with Crippen LogP contribution in [0.5, 0.6) is 0 Å². The first-order valence-corrected chi connectivity index (χ1v) is 14.2. The quantitative estimate of drug-likeness (QED) is 0.207. The van der Waals surface area contributed by atoms with E-state index < -0.39 is 47.4 Å². The van der Waals surface area contributed by atoms with Gasteiger partial charge in [-0.2, -0.15) is 4.90 Å². The summed E-state index contributed by atoms with van der Waals surface area (Å²) in [6.07, 6.45) is 0.137. The lowest BCUT2D eigenvalue weighted by molar-refractivity contribution is -0.160. The standard InChI is InChI=1S/C33H42N2O8/c1-32(2,3)42-29(37)26-19-18-25(34(26)21-23-14-10-8-11-15-23)20-27(28(36)40-7)35(31(39)43-33(4,5)6)30(38)41-22-24-16-12-9-13-17-24/h8-17,20,25-26H,18-19,21-22H2,1-7H3/b27-20+/t25-,26+/m1/s1. The average Bonchev–Trinajstić information content (AvgIpc) is 3.32. The zero-order valence-electron chi connectivity index (χ0n) is 26.0. The van der Waals surface area contributed by atoms with E-state index in [2.05, 4.69) is 0 Å². The molecule has 0 unspecified atom stereocenters. The van der Waals surface area contributed by atoms with Crippen molar-refractivity contribution in [3.05, 3.63) is 83.6 Å². The van der Waals surface area contributed by atoms with E-state index in [0.717, 1.165) is 12.7 Å². The van der Waals surface area contributed by atoms with Gasteiger partial charge in [0.05, 0.1) is 7.11 Å². The number of esters is 2. The lowest BCUT2D eigenvalue weighted by Gasteiger charge is -2.31. The first-order chi connectivity index (χ1) is 20.2. The zero-order chi connectivity index (χ0) is 31.8. The number of methoxy groups -OCH3 is 1. The van der Waals surface area contributed by atoms with Gasteiger partial charge in [-0.15, -0.1) is 0 Å². The number of hydrogen-bond donors (Lipinski definition) is 0. The smallest absolute Gasteiger partial charge is 0.424 e. The summed E-state index contributed by atoms with van der Waals surface area (Å²) in [5.74, 6) is -1.34. The highest BCUT2D eigenvalue weighted by Crippen LogP contribution is 2.31. The molecule has 2 aromatic rings. The molecule has 0 bridgehead atoms. The van der Waals surface area contributed by atoms with Crippen LogP contribution in [0.1, 0.15) is 65.5 Å². The van der Waals surface area contributed by atoms with E-state index >= 15 is 0 Å². The van der Waals surface area contributed by atoms with E-state index in [1.54, 1.807) is 65.8 Å². The topological polar surface area (TPSA) is 112 Å². The number of ether oxygens (including phenoxy) is 4. The summed E-state index contributed by atoms with van der Waals surface area (Å²) >= 11 is 0. The van der Waals surface area contributed by atoms with E-state index in [4.69, 9.17) is 18.9 Å². The fourth-order valence-corrected chi connectivity index (χ4v) is 4.60. The van der Waals surface area contributed by atoms with Crippen molar-refractivity contribution < 1.29 is 38.1 Å². The maximum Gasteiger partial charge on any atom is 0.424 e. The lowest BCUT2D eigenvalue weighted by atomic mass is 10.1. The van der Waals surface area contributed by atoms with Crippen molar-refractivity contribution in [2.45, 2.75) is 90.8 Å². The molecule has 0 aliphatic carbocycles. The molecule has 0 saturated carbocycles. The summed E-state index contributed by atoms with van der Waals surface area (Å²) in [5.41, 5.74) is -0.430. The van der Waals surface area contributed by atoms with Crippen LogP contribution in [-0.2, 0) is 41.7 Å². The van der Waals surface area contributed by atoms with Gasteiger partial charge < -0.3 is 18.9 Å². The summed E-state index contributed by atoms with van der Waals surface area (Å²) in [6.45, 7) is 10.5. The van der Waals surface area contributed by atoms with Crippen molar-refractivity contribution in [3.63, 3.8) is 0 Å². The van der Waals surface area contributed by atoms with Crippen LogP contribution in [-0.4, -0.2) is 64.3 Å². The molecule has 0 aromatic heterocycles. The van der Waals surface area contributed by atoms with Crippen LogP contribution in [0.15, 0.2) is 72.4 Å². The number of nitrogens with zero attached hydrogens (tertiary/aromatic N) is 2. The molecule has 0 spiro atoms. The third-order valence-corrected chi connectivity index (χ3v) is 6.40. The Balaban J connectivity index is 2.03. The minimum absolute atomic E-state index is 0.141. The van der Waals surface area contributed by atoms with Crippen LogP contribution in [0, 0.1) is 0 Å². The van der Waals surface area contributed by atoms with Crippen LogP contribution in [0.25, 0.3) is 0 Å². The molecule has 1 aliphatic rings. The molecule has 10 heteroatoms. The summed E-state index contributed by atoms with van der Waals surface area (Å²) in [5, 5.41) is 0. The van der Waals surface area contributed by atoms with E-state index in [0.29, 0.717) is 29.8 Å². The van der Waals surface area contributed by atoms with Gasteiger partial charge in [-0.3, -0.25) is 9.69 Å². The lowest BCUT2D eigenvalue weighted by Crippen LogP contribution is -2.45. The molecule has 10 nitrogen and oxygen atoms in total. The predicted molar refractivity (Wildman–Crippen MR) is 159 cm³/mol. The monoisotopic (exact) mass is 594 g/mol. The van der Waals surface area contributed by atoms with Gasteiger partial charge in [0, 0.05) is 12.6 Å². The number of rotatable bonds is 8. The van der Waals surface area contributed by atoms with E-state index in [1.165, 1.54) is 6.08 Å². The zero-order valence-corrected chi connectivity index (χ0v) is 26.0. The van der Waals surface area contributed by atoms with E-state index in [1.807, 2.05) is 41.3 Å². The third kappa shape index (κ3) is 9.95. The highest BCUT2D eigenvalue weighted by atomic mass is 16.6. The van der Waals surface area contributed by atoms with Crippen molar-refractivity contribution in [1.82, 2.24) is 9.80 Å². The molecule has 2 atom stereocenters. The first-order valence-electron chi connectivity index (χ1n) is 14.2. The van der Waals surface area contributed by atoms with E-state index in [9.17, 15) is 19.2 Å². The van der Waals surface area contributed by atoms with Crippen molar-refractivity contribution in [2.75, 3.05) is 7.11 Å². The van der Waals surface area contributed by atoms with Crippen LogP contribution in [0.2, 0.25) is 0 Å². The highest BCUT2D eigenvalue weighted by Gasteiger charge is 2.42. The van der Waals surface area contributed by atoms with Gasteiger partial charge in [-0.05, 0) is 71.6 Å². The molecule has 1 saturated heterocycles. The van der Waals surface area contributed by atoms with Gasteiger partial charge in [0.25, 0.3) is 0 Å². The second-order valence-corrected chi connectivity index (χ2v) is 12.3. The number of amides is 2. The van der Waals surface area contributed by atoms with Gasteiger partial charge in [0.15, 0.2) is 0 Å². The number of benzene rings is 2. The van der Waals surface area contributed by atoms with Crippen molar-refractivity contribution >= 4 is 24.1 Å². The molecule has 43 heavy (non-hydrogen) atoms. The molecule has 3 rings (SSSR count). The first kappa shape index (κ1) is 33.3. The van der Waals surface area contributed by atoms with Gasteiger partial charge >= 0.3 is 24.1 Å². The molecule has 1 aliphatic heterocycles. The number of carbonyl (C=O) groups is 4. The summed E-state index contributed by atoms with van der Waals surface area (Å²) < 4.78 is 21.7. The Bertz CT molecular complexity index is 1300. The molecule has 232 valence electrons. The SMILES string of the molecule is COC(=O)/C(=C\[C@H]1CC[C@@H](C(=O)OC(C)(C)C)N1Cc1ccccc1)N(C(=O)OCc1ccccc1)C(=O)OC(C)(C)C. The van der Waals surface area contributed by atoms with Crippen LogP contribution >= 0.6 is 0 Å². The Kier molecular flexibility index (Phi) is 11.1.